The number of pyridine rings is 1. The van der Waals surface area contributed by atoms with E-state index < -0.39 is 0 Å². The Balaban J connectivity index is 1.34. The molecule has 0 atom stereocenters. The molecule has 4 aromatic rings. The summed E-state index contributed by atoms with van der Waals surface area (Å²) in [6, 6.07) is 13.2. The molecule has 0 aliphatic rings. The van der Waals surface area contributed by atoms with Crippen molar-refractivity contribution in [2.75, 3.05) is 0 Å². The van der Waals surface area contributed by atoms with Crippen LogP contribution in [0.2, 0.25) is 0 Å². The van der Waals surface area contributed by atoms with Crippen molar-refractivity contribution in [2.45, 2.75) is 13.1 Å². The molecule has 2 N–H and O–H groups in total. The molecule has 3 heterocycles. The van der Waals surface area contributed by atoms with E-state index in [1.165, 1.54) is 0 Å². The van der Waals surface area contributed by atoms with Crippen LogP contribution in [0.15, 0.2) is 79.8 Å². The molecule has 1 aromatic carbocycles. The molecule has 0 spiro atoms. The molecular weight excluding hydrogens is 354 g/mol. The molecule has 0 saturated heterocycles. The Morgan fingerprint density at radius 1 is 0.964 bits per heavy atom. The van der Waals surface area contributed by atoms with Crippen LogP contribution in [-0.4, -0.2) is 30.3 Å². The van der Waals surface area contributed by atoms with Gasteiger partial charge in [0, 0.05) is 44.1 Å². The molecule has 0 bridgehead atoms. The fourth-order valence-electron chi connectivity index (χ4n) is 2.83. The summed E-state index contributed by atoms with van der Waals surface area (Å²) in [7, 11) is 0. The van der Waals surface area contributed by atoms with Gasteiger partial charge in [-0.15, -0.1) is 0 Å². The minimum absolute atomic E-state index is 0.238. The molecular formula is C20H19N7O. The highest BCUT2D eigenvalue weighted by Gasteiger charge is 2.07. The summed E-state index contributed by atoms with van der Waals surface area (Å²) in [4.78, 5) is 20.6. The standard InChI is InChI=1S/C20H19N7O/c28-20(23-13-16-6-8-22-19(12-16)27-10-3-7-25-27)24-14-17-4-1-2-5-18(17)26-11-9-21-15-26/h1-12,15H,13-14H2,(H2,23,24,28). The number of urea groups is 1. The third-order valence-corrected chi connectivity index (χ3v) is 4.22. The fourth-order valence-corrected chi connectivity index (χ4v) is 2.83. The van der Waals surface area contributed by atoms with Crippen LogP contribution in [0.5, 0.6) is 0 Å². The van der Waals surface area contributed by atoms with Crippen molar-refractivity contribution >= 4 is 6.03 Å². The lowest BCUT2D eigenvalue weighted by Gasteiger charge is -2.12. The van der Waals surface area contributed by atoms with Crippen molar-refractivity contribution in [2.24, 2.45) is 0 Å². The number of nitrogens with one attached hydrogen (secondary N) is 2. The van der Waals surface area contributed by atoms with E-state index in [0.717, 1.165) is 16.8 Å². The van der Waals surface area contributed by atoms with Crippen LogP contribution in [-0.2, 0) is 13.1 Å². The van der Waals surface area contributed by atoms with Crippen molar-refractivity contribution in [1.82, 2.24) is 34.9 Å². The molecule has 4 rings (SSSR count). The molecule has 0 radical (unpaired) electrons. The number of carbonyl (C=O) groups is 1. The summed E-state index contributed by atoms with van der Waals surface area (Å²) in [6.45, 7) is 0.806. The second kappa shape index (κ2) is 8.17. The lowest BCUT2D eigenvalue weighted by molar-refractivity contribution is 0.240. The van der Waals surface area contributed by atoms with Gasteiger partial charge < -0.3 is 15.2 Å². The van der Waals surface area contributed by atoms with Gasteiger partial charge in [0.2, 0.25) is 0 Å². The van der Waals surface area contributed by atoms with Crippen LogP contribution in [0, 0.1) is 0 Å². The van der Waals surface area contributed by atoms with Crippen LogP contribution in [0.1, 0.15) is 11.1 Å². The zero-order chi connectivity index (χ0) is 19.2. The van der Waals surface area contributed by atoms with Gasteiger partial charge >= 0.3 is 6.03 Å². The molecule has 140 valence electrons. The van der Waals surface area contributed by atoms with Gasteiger partial charge in [0.15, 0.2) is 5.82 Å². The van der Waals surface area contributed by atoms with E-state index in [1.54, 1.807) is 29.6 Å². The summed E-state index contributed by atoms with van der Waals surface area (Å²) in [5.41, 5.74) is 2.92. The lowest BCUT2D eigenvalue weighted by atomic mass is 10.1. The highest BCUT2D eigenvalue weighted by Crippen LogP contribution is 2.13. The van der Waals surface area contributed by atoms with Gasteiger partial charge in [-0.05, 0) is 35.4 Å². The average molecular weight is 373 g/mol. The number of imidazole rings is 1. The Morgan fingerprint density at radius 2 is 1.86 bits per heavy atom. The minimum atomic E-state index is -0.238. The molecule has 8 nitrogen and oxygen atoms in total. The molecule has 8 heteroatoms. The van der Waals surface area contributed by atoms with Gasteiger partial charge in [-0.2, -0.15) is 5.10 Å². The third-order valence-electron chi connectivity index (χ3n) is 4.22. The van der Waals surface area contributed by atoms with Crippen LogP contribution >= 0.6 is 0 Å². The van der Waals surface area contributed by atoms with Gasteiger partial charge in [-0.25, -0.2) is 19.4 Å². The van der Waals surface area contributed by atoms with Gasteiger partial charge in [-0.3, -0.25) is 0 Å². The molecule has 0 saturated carbocycles. The highest BCUT2D eigenvalue weighted by molar-refractivity contribution is 5.74. The number of aromatic nitrogens is 5. The monoisotopic (exact) mass is 373 g/mol. The predicted molar refractivity (Wildman–Crippen MR) is 104 cm³/mol. The number of hydrogen-bond donors (Lipinski definition) is 2. The van der Waals surface area contributed by atoms with E-state index in [0.29, 0.717) is 18.9 Å². The maximum absolute atomic E-state index is 12.2. The van der Waals surface area contributed by atoms with E-state index in [-0.39, 0.29) is 6.03 Å². The van der Waals surface area contributed by atoms with Crippen molar-refractivity contribution < 1.29 is 4.79 Å². The maximum Gasteiger partial charge on any atom is 0.315 e. The third kappa shape index (κ3) is 4.07. The van der Waals surface area contributed by atoms with E-state index in [4.69, 9.17) is 0 Å². The van der Waals surface area contributed by atoms with Crippen LogP contribution in [0.4, 0.5) is 4.79 Å². The molecule has 3 aromatic heterocycles. The second-order valence-corrected chi connectivity index (χ2v) is 6.11. The van der Waals surface area contributed by atoms with Crippen molar-refractivity contribution in [3.8, 4) is 11.5 Å². The van der Waals surface area contributed by atoms with E-state index in [1.807, 2.05) is 59.4 Å². The van der Waals surface area contributed by atoms with E-state index >= 15 is 0 Å². The summed E-state index contributed by atoms with van der Waals surface area (Å²) >= 11 is 0. The van der Waals surface area contributed by atoms with Gasteiger partial charge in [0.25, 0.3) is 0 Å². The van der Waals surface area contributed by atoms with Gasteiger partial charge in [0.1, 0.15) is 0 Å². The summed E-state index contributed by atoms with van der Waals surface area (Å²) in [5, 5.41) is 9.93. The zero-order valence-electron chi connectivity index (χ0n) is 15.1. The number of para-hydroxylation sites is 1. The number of carbonyl (C=O) groups excluding carboxylic acids is 1. The number of benzene rings is 1. The van der Waals surface area contributed by atoms with Crippen molar-refractivity contribution in [3.63, 3.8) is 0 Å². The summed E-state index contributed by atoms with van der Waals surface area (Å²) < 4.78 is 3.60. The van der Waals surface area contributed by atoms with Gasteiger partial charge in [0.05, 0.1) is 12.0 Å². The largest absolute Gasteiger partial charge is 0.334 e. The van der Waals surface area contributed by atoms with Crippen LogP contribution in [0.3, 0.4) is 0 Å². The molecule has 0 unspecified atom stereocenters. The topological polar surface area (TPSA) is 89.7 Å². The smallest absolute Gasteiger partial charge is 0.315 e. The Morgan fingerprint density at radius 3 is 2.68 bits per heavy atom. The van der Waals surface area contributed by atoms with Crippen molar-refractivity contribution in [1.29, 1.82) is 0 Å². The average Bonchev–Trinajstić information content (AvgIpc) is 3.45. The predicted octanol–water partition coefficient (Wildman–Crippen LogP) is 2.45. The Labute approximate surface area is 161 Å². The van der Waals surface area contributed by atoms with Gasteiger partial charge in [-0.1, -0.05) is 18.2 Å². The maximum atomic E-state index is 12.2. The highest BCUT2D eigenvalue weighted by atomic mass is 16.2. The zero-order valence-corrected chi connectivity index (χ0v) is 15.1. The first kappa shape index (κ1) is 17.5. The molecule has 0 fully saturated rings. The molecule has 2 amide bonds. The quantitative estimate of drug-likeness (QED) is 0.543. The Bertz CT molecular complexity index is 1040. The first-order valence-electron chi connectivity index (χ1n) is 8.82. The molecule has 28 heavy (non-hydrogen) atoms. The van der Waals surface area contributed by atoms with E-state index in [2.05, 4.69) is 25.7 Å². The first-order valence-corrected chi connectivity index (χ1v) is 8.82. The summed E-state index contributed by atoms with van der Waals surface area (Å²) in [5.74, 6) is 0.707. The molecule has 0 aliphatic heterocycles. The minimum Gasteiger partial charge on any atom is -0.334 e. The van der Waals surface area contributed by atoms with Crippen molar-refractivity contribution in [3.05, 3.63) is 90.9 Å². The second-order valence-electron chi connectivity index (χ2n) is 6.11. The number of nitrogens with zero attached hydrogens (tertiary/aromatic N) is 5. The van der Waals surface area contributed by atoms with Crippen LogP contribution in [0.25, 0.3) is 11.5 Å². The van der Waals surface area contributed by atoms with Crippen LogP contribution < -0.4 is 10.6 Å². The number of rotatable bonds is 6. The fraction of sp³-hybridized carbons (Fsp3) is 0.100. The molecule has 0 aliphatic carbocycles. The number of amides is 2. The normalized spacial score (nSPS) is 10.6. The summed E-state index contributed by atoms with van der Waals surface area (Å²) in [6.07, 6.45) is 10.6. The van der Waals surface area contributed by atoms with E-state index in [9.17, 15) is 4.79 Å². The lowest BCUT2D eigenvalue weighted by Crippen LogP contribution is -2.34. The Hall–Kier alpha value is -3.94. The number of hydrogen-bond acceptors (Lipinski definition) is 4. The first-order chi connectivity index (χ1) is 13.8. The SMILES string of the molecule is O=C(NCc1ccnc(-n2cccn2)c1)NCc1ccccc1-n1ccnc1. The Kier molecular flexibility index (Phi) is 5.10.